The average molecular weight is 214 g/mol. The molecule has 0 spiro atoms. The van der Waals surface area contributed by atoms with Crippen LogP contribution in [-0.4, -0.2) is 50.3 Å². The van der Waals surface area contributed by atoms with Gasteiger partial charge in [-0.1, -0.05) is 6.92 Å². The van der Waals surface area contributed by atoms with Gasteiger partial charge in [-0.25, -0.2) is 0 Å². The number of nitrogens with zero attached hydrogens (tertiary/aromatic N) is 1. The van der Waals surface area contributed by atoms with E-state index in [1.54, 1.807) is 7.11 Å². The summed E-state index contributed by atoms with van der Waals surface area (Å²) in [4.78, 5) is 2.59. The van der Waals surface area contributed by atoms with Crippen molar-refractivity contribution in [2.45, 2.75) is 45.2 Å². The molecule has 0 radical (unpaired) electrons. The van der Waals surface area contributed by atoms with Crippen LogP contribution in [0.2, 0.25) is 0 Å². The first-order valence-corrected chi connectivity index (χ1v) is 6.24. The molecule has 1 atom stereocenters. The van der Waals surface area contributed by atoms with Crippen molar-refractivity contribution in [3.8, 4) is 0 Å². The quantitative estimate of drug-likeness (QED) is 0.725. The van der Waals surface area contributed by atoms with E-state index in [2.05, 4.69) is 24.1 Å². The summed E-state index contributed by atoms with van der Waals surface area (Å²) in [6.45, 7) is 8.96. The maximum Gasteiger partial charge on any atom is 0.0477 e. The topological polar surface area (TPSA) is 24.5 Å². The number of hydrogen-bond donors (Lipinski definition) is 1. The fraction of sp³-hybridized carbons (Fsp3) is 1.00. The van der Waals surface area contributed by atoms with Gasteiger partial charge in [0.1, 0.15) is 0 Å². The van der Waals surface area contributed by atoms with Crippen molar-refractivity contribution in [1.82, 2.24) is 10.2 Å². The molecule has 1 N–H and O–H groups in total. The summed E-state index contributed by atoms with van der Waals surface area (Å²) >= 11 is 0. The Balaban J connectivity index is 2.18. The van der Waals surface area contributed by atoms with Crippen LogP contribution in [0.25, 0.3) is 0 Å². The van der Waals surface area contributed by atoms with Gasteiger partial charge in [-0.3, -0.25) is 0 Å². The molecule has 0 amide bonds. The highest BCUT2D eigenvalue weighted by atomic mass is 16.5. The van der Waals surface area contributed by atoms with E-state index in [1.807, 2.05) is 0 Å². The Hall–Kier alpha value is -0.120. The number of hydrogen-bond acceptors (Lipinski definition) is 3. The van der Waals surface area contributed by atoms with Crippen molar-refractivity contribution in [1.29, 1.82) is 0 Å². The first-order valence-electron chi connectivity index (χ1n) is 6.24. The first kappa shape index (κ1) is 12.9. The minimum absolute atomic E-state index is 0.674. The summed E-state index contributed by atoms with van der Waals surface area (Å²) in [7, 11) is 1.78. The Morgan fingerprint density at radius 2 is 2.07 bits per heavy atom. The second-order valence-electron chi connectivity index (χ2n) is 4.50. The lowest BCUT2D eigenvalue weighted by molar-refractivity contribution is 0.113. The lowest BCUT2D eigenvalue weighted by Gasteiger charge is -2.36. The van der Waals surface area contributed by atoms with Crippen molar-refractivity contribution in [2.24, 2.45) is 0 Å². The van der Waals surface area contributed by atoms with Crippen molar-refractivity contribution in [3.63, 3.8) is 0 Å². The standard InChI is InChI=1S/C12H26N2O/c1-4-13-12-5-8-14(9-6-12)11(2)7-10-15-3/h11-13H,4-10H2,1-3H3. The van der Waals surface area contributed by atoms with E-state index < -0.39 is 0 Å². The molecule has 1 fully saturated rings. The third kappa shape index (κ3) is 4.49. The predicted octanol–water partition coefficient (Wildman–Crippen LogP) is 1.49. The molecular formula is C12H26N2O. The van der Waals surface area contributed by atoms with Gasteiger partial charge in [0, 0.05) is 25.8 Å². The lowest BCUT2D eigenvalue weighted by atomic mass is 10.0. The highest BCUT2D eigenvalue weighted by Crippen LogP contribution is 2.14. The number of rotatable bonds is 6. The molecule has 0 aromatic rings. The first-order chi connectivity index (χ1) is 7.27. The van der Waals surface area contributed by atoms with Crippen LogP contribution in [0.4, 0.5) is 0 Å². The van der Waals surface area contributed by atoms with Gasteiger partial charge in [-0.05, 0) is 45.8 Å². The average Bonchev–Trinajstić information content (AvgIpc) is 2.27. The number of nitrogens with one attached hydrogen (secondary N) is 1. The van der Waals surface area contributed by atoms with Crippen LogP contribution in [-0.2, 0) is 4.74 Å². The van der Waals surface area contributed by atoms with E-state index in [0.717, 1.165) is 25.6 Å². The van der Waals surface area contributed by atoms with Crippen molar-refractivity contribution in [3.05, 3.63) is 0 Å². The zero-order chi connectivity index (χ0) is 11.1. The third-order valence-corrected chi connectivity index (χ3v) is 3.39. The van der Waals surface area contributed by atoms with Gasteiger partial charge in [0.05, 0.1) is 0 Å². The van der Waals surface area contributed by atoms with Gasteiger partial charge in [0.2, 0.25) is 0 Å². The Morgan fingerprint density at radius 3 is 2.60 bits per heavy atom. The maximum atomic E-state index is 5.12. The molecule has 0 saturated carbocycles. The van der Waals surface area contributed by atoms with Crippen LogP contribution in [0.5, 0.6) is 0 Å². The molecule has 0 aromatic heterocycles. The highest BCUT2D eigenvalue weighted by molar-refractivity contribution is 4.79. The largest absolute Gasteiger partial charge is 0.385 e. The molecule has 1 aliphatic rings. The number of ether oxygens (including phenoxy) is 1. The molecule has 0 aromatic carbocycles. The Morgan fingerprint density at radius 1 is 1.40 bits per heavy atom. The summed E-state index contributed by atoms with van der Waals surface area (Å²) in [6.07, 6.45) is 3.75. The van der Waals surface area contributed by atoms with E-state index in [9.17, 15) is 0 Å². The summed E-state index contributed by atoms with van der Waals surface area (Å²) < 4.78 is 5.12. The molecule has 3 nitrogen and oxygen atoms in total. The summed E-state index contributed by atoms with van der Waals surface area (Å²) in [5.41, 5.74) is 0. The fourth-order valence-electron chi connectivity index (χ4n) is 2.30. The molecule has 1 unspecified atom stereocenters. The maximum absolute atomic E-state index is 5.12. The zero-order valence-electron chi connectivity index (χ0n) is 10.5. The zero-order valence-corrected chi connectivity index (χ0v) is 10.5. The lowest BCUT2D eigenvalue weighted by Crippen LogP contribution is -2.46. The van der Waals surface area contributed by atoms with Crippen molar-refractivity contribution < 1.29 is 4.74 Å². The minimum atomic E-state index is 0.674. The number of methoxy groups -OCH3 is 1. The molecule has 3 heteroatoms. The Labute approximate surface area is 94.2 Å². The van der Waals surface area contributed by atoms with Gasteiger partial charge in [0.25, 0.3) is 0 Å². The smallest absolute Gasteiger partial charge is 0.0477 e. The summed E-state index contributed by atoms with van der Waals surface area (Å²) in [5, 5.41) is 3.54. The number of piperidine rings is 1. The van der Waals surface area contributed by atoms with Crippen molar-refractivity contribution >= 4 is 0 Å². The van der Waals surface area contributed by atoms with Gasteiger partial charge < -0.3 is 15.0 Å². The van der Waals surface area contributed by atoms with E-state index in [-0.39, 0.29) is 0 Å². The van der Waals surface area contributed by atoms with Gasteiger partial charge in [0.15, 0.2) is 0 Å². The van der Waals surface area contributed by atoms with Crippen molar-refractivity contribution in [2.75, 3.05) is 33.4 Å². The Bertz CT molecular complexity index is 156. The van der Waals surface area contributed by atoms with E-state index in [1.165, 1.54) is 25.9 Å². The van der Waals surface area contributed by atoms with Crippen LogP contribution < -0.4 is 5.32 Å². The highest BCUT2D eigenvalue weighted by Gasteiger charge is 2.21. The van der Waals surface area contributed by atoms with E-state index >= 15 is 0 Å². The molecule has 90 valence electrons. The van der Waals surface area contributed by atoms with Gasteiger partial charge >= 0.3 is 0 Å². The number of likely N-dealkylation sites (tertiary alicyclic amines) is 1. The van der Waals surface area contributed by atoms with E-state index in [4.69, 9.17) is 4.74 Å². The van der Waals surface area contributed by atoms with Gasteiger partial charge in [-0.2, -0.15) is 0 Å². The molecule has 1 aliphatic heterocycles. The fourth-order valence-corrected chi connectivity index (χ4v) is 2.30. The van der Waals surface area contributed by atoms with Gasteiger partial charge in [-0.15, -0.1) is 0 Å². The third-order valence-electron chi connectivity index (χ3n) is 3.39. The molecule has 1 heterocycles. The van der Waals surface area contributed by atoms with Crippen LogP contribution >= 0.6 is 0 Å². The van der Waals surface area contributed by atoms with Crippen LogP contribution in [0.1, 0.15) is 33.1 Å². The molecule has 1 saturated heterocycles. The second kappa shape index (κ2) is 7.20. The molecule has 0 bridgehead atoms. The summed E-state index contributed by atoms with van der Waals surface area (Å²) in [5.74, 6) is 0. The normalized spacial score (nSPS) is 21.8. The van der Waals surface area contributed by atoms with E-state index in [0.29, 0.717) is 6.04 Å². The second-order valence-corrected chi connectivity index (χ2v) is 4.50. The molecule has 1 rings (SSSR count). The van der Waals surface area contributed by atoms with Crippen LogP contribution in [0, 0.1) is 0 Å². The van der Waals surface area contributed by atoms with Crippen LogP contribution in [0.3, 0.4) is 0 Å². The monoisotopic (exact) mass is 214 g/mol. The molecular weight excluding hydrogens is 188 g/mol. The summed E-state index contributed by atoms with van der Waals surface area (Å²) in [6, 6.07) is 1.42. The Kier molecular flexibility index (Phi) is 6.22. The molecule has 0 aliphatic carbocycles. The SMILES string of the molecule is CCNC1CCN(C(C)CCOC)CC1. The van der Waals surface area contributed by atoms with Crippen LogP contribution in [0.15, 0.2) is 0 Å². The molecule has 15 heavy (non-hydrogen) atoms. The predicted molar refractivity (Wildman–Crippen MR) is 64.2 cm³/mol. The minimum Gasteiger partial charge on any atom is -0.385 e.